The molecule has 1 fully saturated rings. The van der Waals surface area contributed by atoms with Crippen LogP contribution in [-0.2, 0) is 0 Å². The number of para-hydroxylation sites is 1. The quantitative estimate of drug-likeness (QED) is 0.435. The molecule has 1 saturated heterocycles. The topological polar surface area (TPSA) is 100 Å². The predicted molar refractivity (Wildman–Crippen MR) is 93.6 cm³/mol. The van der Waals surface area contributed by atoms with Gasteiger partial charge in [0.05, 0.1) is 16.0 Å². The third kappa shape index (κ3) is 3.43. The van der Waals surface area contributed by atoms with Crippen LogP contribution >= 0.6 is 11.6 Å². The Morgan fingerprint density at radius 1 is 1.38 bits per heavy atom. The second-order valence-electron chi connectivity index (χ2n) is 6.05. The molecule has 2 heterocycles. The van der Waals surface area contributed by atoms with E-state index in [9.17, 15) is 15.2 Å². The highest BCUT2D eigenvalue weighted by Crippen LogP contribution is 2.37. The normalized spacial score (nSPS) is 16.9. The number of nitro groups is 1. The number of nitrogens with one attached hydrogen (secondary N) is 2. The van der Waals surface area contributed by atoms with Crippen molar-refractivity contribution < 1.29 is 10.0 Å². The van der Waals surface area contributed by atoms with Crippen molar-refractivity contribution in [2.75, 3.05) is 25.0 Å². The maximum atomic E-state index is 11.4. The summed E-state index contributed by atoms with van der Waals surface area (Å²) in [7, 11) is 0. The van der Waals surface area contributed by atoms with Crippen LogP contribution in [0.15, 0.2) is 24.3 Å². The number of aromatic nitrogens is 1. The molecule has 1 aliphatic rings. The van der Waals surface area contributed by atoms with Crippen LogP contribution in [0.5, 0.6) is 0 Å². The van der Waals surface area contributed by atoms with Gasteiger partial charge in [-0.3, -0.25) is 10.1 Å². The Bertz CT molecular complexity index is 762. The third-order valence-corrected chi connectivity index (χ3v) is 4.70. The molecule has 2 aromatic rings. The Hall–Kier alpha value is -1.96. The first kappa shape index (κ1) is 16.9. The average molecular weight is 351 g/mol. The zero-order chi connectivity index (χ0) is 17.2. The first-order valence-corrected chi connectivity index (χ1v) is 8.28. The minimum atomic E-state index is -0.736. The SMILES string of the molecule is O=[N+]([O-])c1c(Cl)nc2ccccc2c1NCCC1(O)CCNCC1. The van der Waals surface area contributed by atoms with Gasteiger partial charge in [-0.25, -0.2) is 4.98 Å². The molecular weight excluding hydrogens is 332 g/mol. The third-order valence-electron chi connectivity index (χ3n) is 4.43. The summed E-state index contributed by atoms with van der Waals surface area (Å²) in [5.41, 5.74) is -0.0170. The molecule has 7 nitrogen and oxygen atoms in total. The van der Waals surface area contributed by atoms with E-state index in [4.69, 9.17) is 11.6 Å². The van der Waals surface area contributed by atoms with E-state index >= 15 is 0 Å². The molecule has 3 rings (SSSR count). The Balaban J connectivity index is 1.87. The van der Waals surface area contributed by atoms with Gasteiger partial charge in [-0.1, -0.05) is 29.8 Å². The average Bonchev–Trinajstić information content (AvgIpc) is 2.54. The molecule has 8 heteroatoms. The molecule has 3 N–H and O–H groups in total. The van der Waals surface area contributed by atoms with Crippen LogP contribution in [0.2, 0.25) is 5.15 Å². The summed E-state index contributed by atoms with van der Waals surface area (Å²) in [6.07, 6.45) is 1.86. The minimum absolute atomic E-state index is 0.137. The molecule has 24 heavy (non-hydrogen) atoms. The van der Waals surface area contributed by atoms with E-state index < -0.39 is 10.5 Å². The van der Waals surface area contributed by atoms with Gasteiger partial charge in [0.15, 0.2) is 0 Å². The summed E-state index contributed by atoms with van der Waals surface area (Å²) < 4.78 is 0. The van der Waals surface area contributed by atoms with Crippen LogP contribution in [0, 0.1) is 10.1 Å². The first-order valence-electron chi connectivity index (χ1n) is 7.90. The molecule has 0 amide bonds. The Morgan fingerprint density at radius 2 is 2.08 bits per heavy atom. The van der Waals surface area contributed by atoms with E-state index in [0.29, 0.717) is 42.4 Å². The number of pyridine rings is 1. The Morgan fingerprint density at radius 3 is 2.79 bits per heavy atom. The second-order valence-corrected chi connectivity index (χ2v) is 6.41. The van der Waals surface area contributed by atoms with Crippen molar-refractivity contribution in [2.24, 2.45) is 0 Å². The molecule has 0 aliphatic carbocycles. The maximum absolute atomic E-state index is 11.4. The van der Waals surface area contributed by atoms with Crippen LogP contribution < -0.4 is 10.6 Å². The monoisotopic (exact) mass is 350 g/mol. The van der Waals surface area contributed by atoms with E-state index in [-0.39, 0.29) is 10.8 Å². The minimum Gasteiger partial charge on any atom is -0.390 e. The first-order chi connectivity index (χ1) is 11.5. The summed E-state index contributed by atoms with van der Waals surface area (Å²) in [5.74, 6) is 0. The van der Waals surface area contributed by atoms with Gasteiger partial charge in [0.25, 0.3) is 0 Å². The number of anilines is 1. The van der Waals surface area contributed by atoms with Crippen molar-refractivity contribution in [1.29, 1.82) is 0 Å². The fourth-order valence-corrected chi connectivity index (χ4v) is 3.33. The highest BCUT2D eigenvalue weighted by Gasteiger charge is 2.29. The van der Waals surface area contributed by atoms with Crippen LogP contribution in [0.3, 0.4) is 0 Å². The van der Waals surface area contributed by atoms with Crippen LogP contribution in [0.4, 0.5) is 11.4 Å². The van der Waals surface area contributed by atoms with Gasteiger partial charge in [-0.05, 0) is 38.4 Å². The number of rotatable bonds is 5. The lowest BCUT2D eigenvalue weighted by atomic mass is 9.89. The van der Waals surface area contributed by atoms with Gasteiger partial charge >= 0.3 is 5.69 Å². The molecule has 1 aromatic heterocycles. The zero-order valence-corrected chi connectivity index (χ0v) is 13.8. The highest BCUT2D eigenvalue weighted by molar-refractivity contribution is 6.33. The number of hydrogen-bond donors (Lipinski definition) is 3. The van der Waals surface area contributed by atoms with Gasteiger partial charge in [0.1, 0.15) is 5.69 Å². The number of piperidine rings is 1. The predicted octanol–water partition coefficient (Wildman–Crippen LogP) is 2.71. The fraction of sp³-hybridized carbons (Fsp3) is 0.438. The van der Waals surface area contributed by atoms with E-state index in [1.807, 2.05) is 0 Å². The van der Waals surface area contributed by atoms with Gasteiger partial charge in [-0.2, -0.15) is 0 Å². The van der Waals surface area contributed by atoms with E-state index in [0.717, 1.165) is 13.1 Å². The molecule has 0 atom stereocenters. The molecule has 0 saturated carbocycles. The van der Waals surface area contributed by atoms with Crippen molar-refractivity contribution in [2.45, 2.75) is 24.9 Å². The van der Waals surface area contributed by atoms with Crippen molar-refractivity contribution in [3.05, 3.63) is 39.5 Å². The second kappa shape index (κ2) is 6.88. The van der Waals surface area contributed by atoms with Gasteiger partial charge in [-0.15, -0.1) is 0 Å². The number of fused-ring (bicyclic) bond motifs is 1. The molecule has 0 spiro atoms. The summed E-state index contributed by atoms with van der Waals surface area (Å²) in [5, 5.41) is 28.8. The lowest BCUT2D eigenvalue weighted by molar-refractivity contribution is -0.384. The largest absolute Gasteiger partial charge is 0.390 e. The number of hydrogen-bond acceptors (Lipinski definition) is 6. The standard InChI is InChI=1S/C16H19ClN4O3/c17-15-14(21(23)24)13(11-3-1-2-4-12(11)20-15)19-10-7-16(22)5-8-18-9-6-16/h1-4,18,22H,5-10H2,(H,19,20). The van der Waals surface area contributed by atoms with E-state index in [1.165, 1.54) is 0 Å². The van der Waals surface area contributed by atoms with Crippen LogP contribution in [0.1, 0.15) is 19.3 Å². The molecule has 1 aromatic carbocycles. The number of benzene rings is 1. The van der Waals surface area contributed by atoms with E-state index in [1.54, 1.807) is 24.3 Å². The Kier molecular flexibility index (Phi) is 4.84. The molecule has 0 unspecified atom stereocenters. The van der Waals surface area contributed by atoms with Gasteiger partial charge < -0.3 is 15.7 Å². The van der Waals surface area contributed by atoms with E-state index in [2.05, 4.69) is 15.6 Å². The zero-order valence-electron chi connectivity index (χ0n) is 13.1. The van der Waals surface area contributed by atoms with Crippen molar-refractivity contribution in [3.8, 4) is 0 Å². The van der Waals surface area contributed by atoms with Gasteiger partial charge in [0.2, 0.25) is 5.15 Å². The highest BCUT2D eigenvalue weighted by atomic mass is 35.5. The summed E-state index contributed by atoms with van der Waals surface area (Å²) in [4.78, 5) is 15.0. The molecule has 1 aliphatic heterocycles. The summed E-state index contributed by atoms with van der Waals surface area (Å²) in [6.45, 7) is 1.98. The smallest absolute Gasteiger partial charge is 0.329 e. The molecule has 0 radical (unpaired) electrons. The number of aliphatic hydroxyl groups is 1. The number of nitrogens with zero attached hydrogens (tertiary/aromatic N) is 2. The molecular formula is C16H19ClN4O3. The van der Waals surface area contributed by atoms with Crippen LogP contribution in [-0.4, -0.2) is 40.2 Å². The molecule has 0 bridgehead atoms. The lowest BCUT2D eigenvalue weighted by Gasteiger charge is -2.32. The van der Waals surface area contributed by atoms with Crippen molar-refractivity contribution in [3.63, 3.8) is 0 Å². The fourth-order valence-electron chi connectivity index (χ4n) is 3.08. The summed E-state index contributed by atoms with van der Waals surface area (Å²) in [6, 6.07) is 7.13. The summed E-state index contributed by atoms with van der Waals surface area (Å²) >= 11 is 6.01. The van der Waals surface area contributed by atoms with Gasteiger partial charge in [0, 0.05) is 11.9 Å². The van der Waals surface area contributed by atoms with Crippen LogP contribution in [0.25, 0.3) is 10.9 Å². The van der Waals surface area contributed by atoms with Crippen molar-refractivity contribution >= 4 is 33.9 Å². The molecule has 128 valence electrons. The maximum Gasteiger partial charge on any atom is 0.329 e. The van der Waals surface area contributed by atoms with Crippen molar-refractivity contribution in [1.82, 2.24) is 10.3 Å². The Labute approximate surface area is 144 Å². The lowest BCUT2D eigenvalue weighted by Crippen LogP contribution is -2.42. The number of halogens is 1.